The molecule has 2 aromatic carbocycles. The summed E-state index contributed by atoms with van der Waals surface area (Å²) in [6.07, 6.45) is -1.88. The monoisotopic (exact) mass is 519 g/mol. The van der Waals surface area contributed by atoms with Crippen molar-refractivity contribution < 1.29 is 28.4 Å². The lowest BCUT2D eigenvalue weighted by Crippen LogP contribution is -2.44. The molecule has 0 amide bonds. The van der Waals surface area contributed by atoms with Crippen LogP contribution in [0.5, 0.6) is 0 Å². The fraction of sp³-hybridized carbons (Fsp3) is 0.517. The molecule has 5 heterocycles. The number of benzene rings is 2. The molecule has 0 saturated carbocycles. The molecule has 0 bridgehead atoms. The lowest BCUT2D eigenvalue weighted by Gasteiger charge is -2.29. The largest absolute Gasteiger partial charge is 0.371 e. The molecule has 4 aromatic rings. The second-order valence-electron chi connectivity index (χ2n) is 11.3. The Kier molecular flexibility index (Phi) is 5.57. The topological polar surface area (TPSA) is 86.1 Å². The van der Waals surface area contributed by atoms with Gasteiger partial charge in [0.1, 0.15) is 29.9 Å². The van der Waals surface area contributed by atoms with Crippen molar-refractivity contribution in [2.45, 2.75) is 83.4 Å². The smallest absolute Gasteiger partial charge is 0.190 e. The van der Waals surface area contributed by atoms with Crippen LogP contribution in [0.15, 0.2) is 42.5 Å². The minimum Gasteiger partial charge on any atom is -0.371 e. The zero-order valence-electron chi connectivity index (χ0n) is 22.3. The summed E-state index contributed by atoms with van der Waals surface area (Å²) in [6, 6.07) is 14.4. The van der Waals surface area contributed by atoms with Crippen LogP contribution in [0.2, 0.25) is 0 Å². The summed E-state index contributed by atoms with van der Waals surface area (Å²) < 4.78 is 39.2. The van der Waals surface area contributed by atoms with Crippen molar-refractivity contribution in [2.24, 2.45) is 0 Å². The molecule has 1 unspecified atom stereocenters. The van der Waals surface area contributed by atoms with E-state index in [0.29, 0.717) is 19.8 Å². The standard InChI is InChI=1S/C29H33N3O6/c1-16-10-11-20-17(14-16)22-26(31-19-9-7-6-8-18(19)30-22)32(20)12-13-33-24-23(21-15-34-28(2,3)36-21)35-27-25(24)37-29(4,5)38-27/h6-11,14,21,23-25,27H,12-13,15H2,1-5H3/t21?,23-,24+,25-,27-/m1/s1. The van der Waals surface area contributed by atoms with Gasteiger partial charge in [-0.05, 0) is 58.9 Å². The van der Waals surface area contributed by atoms with E-state index in [1.807, 2.05) is 52.0 Å². The quantitative estimate of drug-likeness (QED) is 0.382. The van der Waals surface area contributed by atoms with Gasteiger partial charge in [-0.2, -0.15) is 0 Å². The fourth-order valence-electron chi connectivity index (χ4n) is 5.93. The zero-order chi connectivity index (χ0) is 26.2. The highest BCUT2D eigenvalue weighted by atomic mass is 16.8. The van der Waals surface area contributed by atoms with Gasteiger partial charge in [0.15, 0.2) is 23.5 Å². The van der Waals surface area contributed by atoms with E-state index in [1.54, 1.807) is 0 Å². The first-order valence-electron chi connectivity index (χ1n) is 13.3. The van der Waals surface area contributed by atoms with Gasteiger partial charge < -0.3 is 33.0 Å². The Labute approximate surface area is 220 Å². The number of nitrogens with zero attached hydrogens (tertiary/aromatic N) is 3. The average Bonchev–Trinajstić information content (AvgIpc) is 3.56. The summed E-state index contributed by atoms with van der Waals surface area (Å²) in [4.78, 5) is 9.98. The first kappa shape index (κ1) is 24.4. The van der Waals surface area contributed by atoms with Crippen molar-refractivity contribution in [2.75, 3.05) is 13.2 Å². The molecule has 0 aliphatic carbocycles. The first-order chi connectivity index (χ1) is 18.2. The second kappa shape index (κ2) is 8.67. The van der Waals surface area contributed by atoms with Gasteiger partial charge in [-0.1, -0.05) is 23.8 Å². The van der Waals surface area contributed by atoms with E-state index in [1.165, 1.54) is 5.56 Å². The molecule has 200 valence electrons. The van der Waals surface area contributed by atoms with Crippen LogP contribution in [-0.4, -0.2) is 70.0 Å². The van der Waals surface area contributed by atoms with Crippen LogP contribution in [0.4, 0.5) is 0 Å². The van der Waals surface area contributed by atoms with E-state index in [2.05, 4.69) is 29.7 Å². The minimum atomic E-state index is -0.741. The first-order valence-corrected chi connectivity index (χ1v) is 13.3. The number of hydrogen-bond donors (Lipinski definition) is 0. The molecule has 3 saturated heterocycles. The number of ether oxygens (including phenoxy) is 6. The minimum absolute atomic E-state index is 0.274. The number of para-hydroxylation sites is 2. The number of aryl methyl sites for hydroxylation is 1. The van der Waals surface area contributed by atoms with Crippen molar-refractivity contribution in [1.82, 2.24) is 14.5 Å². The molecule has 3 fully saturated rings. The third-order valence-electron chi connectivity index (χ3n) is 7.55. The maximum absolute atomic E-state index is 6.55. The highest BCUT2D eigenvalue weighted by Crippen LogP contribution is 2.42. The van der Waals surface area contributed by atoms with Crippen LogP contribution < -0.4 is 0 Å². The summed E-state index contributed by atoms with van der Waals surface area (Å²) in [5.41, 5.74) is 5.77. The number of fused-ring (bicyclic) bond motifs is 5. The molecule has 0 radical (unpaired) electrons. The highest BCUT2D eigenvalue weighted by molar-refractivity contribution is 6.06. The predicted octanol–water partition coefficient (Wildman–Crippen LogP) is 4.46. The van der Waals surface area contributed by atoms with Gasteiger partial charge in [0.2, 0.25) is 0 Å². The number of aromatic nitrogens is 3. The van der Waals surface area contributed by atoms with Crippen molar-refractivity contribution in [3.63, 3.8) is 0 Å². The van der Waals surface area contributed by atoms with Crippen LogP contribution in [0.3, 0.4) is 0 Å². The Morgan fingerprint density at radius 3 is 2.50 bits per heavy atom. The summed E-state index contributed by atoms with van der Waals surface area (Å²) >= 11 is 0. The maximum atomic E-state index is 6.55. The van der Waals surface area contributed by atoms with Crippen LogP contribution in [-0.2, 0) is 35.0 Å². The molecule has 0 N–H and O–H groups in total. The van der Waals surface area contributed by atoms with Crippen LogP contribution >= 0.6 is 0 Å². The molecule has 0 spiro atoms. The predicted molar refractivity (Wildman–Crippen MR) is 141 cm³/mol. The lowest BCUT2D eigenvalue weighted by atomic mass is 10.1. The van der Waals surface area contributed by atoms with E-state index in [0.717, 1.165) is 33.1 Å². The van der Waals surface area contributed by atoms with Crippen molar-refractivity contribution >= 4 is 33.1 Å². The Bertz CT molecular complexity index is 1530. The molecular weight excluding hydrogens is 486 g/mol. The molecular formula is C29H33N3O6. The maximum Gasteiger partial charge on any atom is 0.190 e. The number of rotatable bonds is 5. The summed E-state index contributed by atoms with van der Waals surface area (Å²) in [7, 11) is 0. The van der Waals surface area contributed by atoms with E-state index in [9.17, 15) is 0 Å². The van der Waals surface area contributed by atoms with Gasteiger partial charge in [0.25, 0.3) is 0 Å². The van der Waals surface area contributed by atoms with Gasteiger partial charge >= 0.3 is 0 Å². The molecule has 9 nitrogen and oxygen atoms in total. The van der Waals surface area contributed by atoms with Gasteiger partial charge in [0.05, 0.1) is 29.8 Å². The molecule has 9 heteroatoms. The van der Waals surface area contributed by atoms with E-state index in [-0.39, 0.29) is 24.4 Å². The molecule has 38 heavy (non-hydrogen) atoms. The second-order valence-corrected chi connectivity index (χ2v) is 11.3. The van der Waals surface area contributed by atoms with Gasteiger partial charge in [-0.15, -0.1) is 0 Å². The van der Waals surface area contributed by atoms with Crippen molar-refractivity contribution in [3.05, 3.63) is 48.0 Å². The van der Waals surface area contributed by atoms with E-state index < -0.39 is 17.9 Å². The molecule has 7 rings (SSSR count). The molecule has 5 atom stereocenters. The Morgan fingerprint density at radius 1 is 0.947 bits per heavy atom. The van der Waals surface area contributed by atoms with Crippen LogP contribution in [0, 0.1) is 6.92 Å². The lowest BCUT2D eigenvalue weighted by molar-refractivity contribution is -0.236. The van der Waals surface area contributed by atoms with Crippen LogP contribution in [0.1, 0.15) is 33.3 Å². The van der Waals surface area contributed by atoms with Gasteiger partial charge in [-0.25, -0.2) is 9.97 Å². The highest BCUT2D eigenvalue weighted by Gasteiger charge is 2.58. The van der Waals surface area contributed by atoms with E-state index >= 15 is 0 Å². The number of hydrogen-bond acceptors (Lipinski definition) is 8. The summed E-state index contributed by atoms with van der Waals surface area (Å²) in [5.74, 6) is -1.41. The van der Waals surface area contributed by atoms with Gasteiger partial charge in [-0.3, -0.25) is 0 Å². The Hall–Kier alpha value is -2.66. The molecule has 2 aromatic heterocycles. The fourth-order valence-corrected chi connectivity index (χ4v) is 5.93. The Morgan fingerprint density at radius 2 is 1.74 bits per heavy atom. The zero-order valence-corrected chi connectivity index (χ0v) is 22.3. The summed E-state index contributed by atoms with van der Waals surface area (Å²) in [5, 5.41) is 1.09. The van der Waals surface area contributed by atoms with Crippen LogP contribution in [0.25, 0.3) is 33.1 Å². The third-order valence-corrected chi connectivity index (χ3v) is 7.55. The van der Waals surface area contributed by atoms with E-state index in [4.69, 9.17) is 38.4 Å². The Balaban J connectivity index is 1.19. The third kappa shape index (κ3) is 4.09. The SMILES string of the molecule is Cc1ccc2c(c1)c1nc3ccccc3nc1n2CCO[C@@H]1[C@H]2OC(C)(C)O[C@H]2O[C@@H]1C1COC(C)(C)O1. The van der Waals surface area contributed by atoms with Gasteiger partial charge in [0, 0.05) is 11.9 Å². The van der Waals surface area contributed by atoms with Crippen molar-refractivity contribution in [3.8, 4) is 0 Å². The average molecular weight is 520 g/mol. The summed E-state index contributed by atoms with van der Waals surface area (Å²) in [6.45, 7) is 11.1. The van der Waals surface area contributed by atoms with Crippen molar-refractivity contribution in [1.29, 1.82) is 0 Å². The molecule has 3 aliphatic heterocycles. The normalized spacial score (nSPS) is 30.1. The molecule has 3 aliphatic rings.